The zero-order valence-electron chi connectivity index (χ0n) is 11.4. The molecule has 0 fully saturated rings. The van der Waals surface area contributed by atoms with Gasteiger partial charge in [0.2, 0.25) is 0 Å². The monoisotopic (exact) mass is 252 g/mol. The molecule has 0 amide bonds. The molecule has 96 valence electrons. The smallest absolute Gasteiger partial charge is 0.269 e. The van der Waals surface area contributed by atoms with E-state index in [1.807, 2.05) is 51.2 Å². The number of nitriles is 1. The quantitative estimate of drug-likeness (QED) is 0.824. The van der Waals surface area contributed by atoms with Crippen molar-refractivity contribution in [3.8, 4) is 17.2 Å². The van der Waals surface area contributed by atoms with Crippen LogP contribution in [-0.2, 0) is 6.54 Å². The lowest BCUT2D eigenvalue weighted by Crippen LogP contribution is -2.23. The minimum Gasteiger partial charge on any atom is -0.314 e. The summed E-state index contributed by atoms with van der Waals surface area (Å²) in [6.45, 7) is 6.40. The lowest BCUT2D eigenvalue weighted by molar-refractivity contribution is 0.721. The minimum atomic E-state index is -0.214. The van der Waals surface area contributed by atoms with Crippen LogP contribution in [0, 0.1) is 25.2 Å². The van der Waals surface area contributed by atoms with E-state index in [9.17, 15) is 10.1 Å². The summed E-state index contributed by atoms with van der Waals surface area (Å²) in [7, 11) is 0. The molecule has 3 nitrogen and oxygen atoms in total. The lowest BCUT2D eigenvalue weighted by atomic mass is 9.94. The van der Waals surface area contributed by atoms with E-state index in [2.05, 4.69) is 6.07 Å². The van der Waals surface area contributed by atoms with Gasteiger partial charge in [-0.15, -0.1) is 0 Å². The van der Waals surface area contributed by atoms with Crippen molar-refractivity contribution in [2.45, 2.75) is 27.3 Å². The first kappa shape index (κ1) is 13.1. The van der Waals surface area contributed by atoms with Gasteiger partial charge in [-0.3, -0.25) is 4.79 Å². The Balaban J connectivity index is 2.86. The molecule has 3 heteroatoms. The SMILES string of the molecule is CCn1cc(C)c(-c2ccccc2C)c(C#N)c1=O. The zero-order chi connectivity index (χ0) is 14.0. The molecular weight excluding hydrogens is 236 g/mol. The first-order valence-corrected chi connectivity index (χ1v) is 6.30. The highest BCUT2D eigenvalue weighted by Crippen LogP contribution is 2.27. The molecule has 1 heterocycles. The van der Waals surface area contributed by atoms with Crippen LogP contribution in [-0.4, -0.2) is 4.57 Å². The van der Waals surface area contributed by atoms with E-state index >= 15 is 0 Å². The molecule has 0 bridgehead atoms. The van der Waals surface area contributed by atoms with E-state index in [0.717, 1.165) is 22.3 Å². The number of benzene rings is 1. The normalized spacial score (nSPS) is 10.2. The van der Waals surface area contributed by atoms with Gasteiger partial charge in [0.05, 0.1) is 0 Å². The molecule has 0 unspecified atom stereocenters. The Morgan fingerprint density at radius 3 is 2.47 bits per heavy atom. The molecule has 0 aliphatic heterocycles. The zero-order valence-corrected chi connectivity index (χ0v) is 11.4. The van der Waals surface area contributed by atoms with Crippen LogP contribution in [0.25, 0.3) is 11.1 Å². The topological polar surface area (TPSA) is 45.8 Å². The van der Waals surface area contributed by atoms with E-state index in [1.54, 1.807) is 4.57 Å². The van der Waals surface area contributed by atoms with E-state index < -0.39 is 0 Å². The second-order valence-electron chi connectivity index (χ2n) is 4.58. The van der Waals surface area contributed by atoms with Crippen LogP contribution in [0.2, 0.25) is 0 Å². The van der Waals surface area contributed by atoms with Crippen molar-refractivity contribution in [1.82, 2.24) is 4.57 Å². The Morgan fingerprint density at radius 1 is 1.21 bits per heavy atom. The van der Waals surface area contributed by atoms with Gasteiger partial charge in [0.25, 0.3) is 5.56 Å². The number of rotatable bonds is 2. The van der Waals surface area contributed by atoms with Crippen LogP contribution < -0.4 is 5.56 Å². The minimum absolute atomic E-state index is 0.214. The van der Waals surface area contributed by atoms with Crippen molar-refractivity contribution in [3.63, 3.8) is 0 Å². The highest BCUT2D eigenvalue weighted by Gasteiger charge is 2.15. The molecule has 2 aromatic rings. The van der Waals surface area contributed by atoms with Crippen LogP contribution >= 0.6 is 0 Å². The molecule has 0 aliphatic rings. The predicted molar refractivity (Wildman–Crippen MR) is 76.0 cm³/mol. The maximum atomic E-state index is 12.2. The van der Waals surface area contributed by atoms with Gasteiger partial charge in [-0.05, 0) is 37.5 Å². The van der Waals surface area contributed by atoms with E-state index in [0.29, 0.717) is 6.54 Å². The van der Waals surface area contributed by atoms with Crippen molar-refractivity contribution >= 4 is 0 Å². The Hall–Kier alpha value is -2.34. The second-order valence-corrected chi connectivity index (χ2v) is 4.58. The Bertz CT molecular complexity index is 721. The fourth-order valence-corrected chi connectivity index (χ4v) is 2.34. The highest BCUT2D eigenvalue weighted by molar-refractivity contribution is 5.75. The molecule has 0 saturated heterocycles. The van der Waals surface area contributed by atoms with E-state index in [1.165, 1.54) is 0 Å². The Morgan fingerprint density at radius 2 is 1.89 bits per heavy atom. The van der Waals surface area contributed by atoms with Gasteiger partial charge in [0.15, 0.2) is 0 Å². The summed E-state index contributed by atoms with van der Waals surface area (Å²) in [6.07, 6.45) is 1.82. The van der Waals surface area contributed by atoms with Gasteiger partial charge in [0.1, 0.15) is 11.6 Å². The number of aryl methyl sites for hydroxylation is 3. The summed E-state index contributed by atoms with van der Waals surface area (Å²) in [4.78, 5) is 12.2. The summed E-state index contributed by atoms with van der Waals surface area (Å²) in [5.74, 6) is 0. The van der Waals surface area contributed by atoms with Crippen molar-refractivity contribution in [2.24, 2.45) is 0 Å². The molecule has 0 atom stereocenters. The first-order chi connectivity index (χ1) is 9.10. The van der Waals surface area contributed by atoms with Gasteiger partial charge in [-0.1, -0.05) is 24.3 Å². The largest absolute Gasteiger partial charge is 0.314 e. The third-order valence-electron chi connectivity index (χ3n) is 3.34. The predicted octanol–water partition coefficient (Wildman–Crippen LogP) is 3.02. The highest BCUT2D eigenvalue weighted by atomic mass is 16.1. The number of pyridine rings is 1. The fraction of sp³-hybridized carbons (Fsp3) is 0.250. The summed E-state index contributed by atoms with van der Waals surface area (Å²) in [5.41, 5.74) is 3.75. The van der Waals surface area contributed by atoms with Gasteiger partial charge < -0.3 is 4.57 Å². The third kappa shape index (κ3) is 2.17. The van der Waals surface area contributed by atoms with E-state index in [4.69, 9.17) is 0 Å². The number of aromatic nitrogens is 1. The molecule has 1 aromatic heterocycles. The average Bonchev–Trinajstić information content (AvgIpc) is 2.41. The van der Waals surface area contributed by atoms with Crippen molar-refractivity contribution < 1.29 is 0 Å². The van der Waals surface area contributed by atoms with Crippen molar-refractivity contribution in [1.29, 1.82) is 5.26 Å². The molecule has 0 aliphatic carbocycles. The summed E-state index contributed by atoms with van der Waals surface area (Å²) in [5, 5.41) is 9.33. The van der Waals surface area contributed by atoms with Crippen molar-refractivity contribution in [3.05, 3.63) is 57.5 Å². The Labute approximate surface area is 112 Å². The van der Waals surface area contributed by atoms with E-state index in [-0.39, 0.29) is 11.1 Å². The summed E-state index contributed by atoms with van der Waals surface area (Å²) < 4.78 is 1.58. The Kier molecular flexibility index (Phi) is 3.52. The summed E-state index contributed by atoms with van der Waals surface area (Å²) >= 11 is 0. The molecule has 0 radical (unpaired) electrons. The van der Waals surface area contributed by atoms with Gasteiger partial charge >= 0.3 is 0 Å². The lowest BCUT2D eigenvalue weighted by Gasteiger charge is -2.13. The number of nitrogens with zero attached hydrogens (tertiary/aromatic N) is 2. The molecule has 1 aromatic carbocycles. The van der Waals surface area contributed by atoms with Crippen molar-refractivity contribution in [2.75, 3.05) is 0 Å². The standard InChI is InChI=1S/C16H16N2O/c1-4-18-10-12(3)15(14(9-17)16(18)19)13-8-6-5-7-11(13)2/h5-8,10H,4H2,1-3H3. The third-order valence-corrected chi connectivity index (χ3v) is 3.34. The first-order valence-electron chi connectivity index (χ1n) is 6.30. The van der Waals surface area contributed by atoms with Gasteiger partial charge in [-0.25, -0.2) is 0 Å². The van der Waals surface area contributed by atoms with Gasteiger partial charge in [-0.2, -0.15) is 5.26 Å². The fourth-order valence-electron chi connectivity index (χ4n) is 2.34. The van der Waals surface area contributed by atoms with Crippen LogP contribution in [0.15, 0.2) is 35.3 Å². The maximum Gasteiger partial charge on any atom is 0.269 e. The second kappa shape index (κ2) is 5.11. The molecule has 19 heavy (non-hydrogen) atoms. The molecule has 2 rings (SSSR count). The average molecular weight is 252 g/mol. The van der Waals surface area contributed by atoms with Crippen LogP contribution in [0.4, 0.5) is 0 Å². The molecule has 0 saturated carbocycles. The van der Waals surface area contributed by atoms with Crippen LogP contribution in [0.3, 0.4) is 0 Å². The van der Waals surface area contributed by atoms with Crippen LogP contribution in [0.5, 0.6) is 0 Å². The molecule has 0 spiro atoms. The van der Waals surface area contributed by atoms with Crippen LogP contribution in [0.1, 0.15) is 23.6 Å². The van der Waals surface area contributed by atoms with Gasteiger partial charge in [0, 0.05) is 18.3 Å². The summed E-state index contributed by atoms with van der Waals surface area (Å²) in [6, 6.07) is 9.89. The number of hydrogen-bond acceptors (Lipinski definition) is 2. The maximum absolute atomic E-state index is 12.2. The molecule has 0 N–H and O–H groups in total. The number of hydrogen-bond donors (Lipinski definition) is 0. The molecular formula is C16H16N2O.